The summed E-state index contributed by atoms with van der Waals surface area (Å²) in [6.45, 7) is 1.86. The number of para-hydroxylation sites is 1. The summed E-state index contributed by atoms with van der Waals surface area (Å²) >= 11 is 1.37. The molecule has 128 valence electrons. The first kappa shape index (κ1) is 17.2. The van der Waals surface area contributed by atoms with E-state index in [0.717, 1.165) is 23.9 Å². The van der Waals surface area contributed by atoms with E-state index >= 15 is 0 Å². The van der Waals surface area contributed by atoms with Crippen LogP contribution in [0.15, 0.2) is 53.9 Å². The highest BCUT2D eigenvalue weighted by Crippen LogP contribution is 2.29. The van der Waals surface area contributed by atoms with Crippen molar-refractivity contribution >= 4 is 28.1 Å². The van der Waals surface area contributed by atoms with Gasteiger partial charge >= 0.3 is 0 Å². The van der Waals surface area contributed by atoms with Crippen molar-refractivity contribution in [2.45, 2.75) is 19.8 Å². The van der Waals surface area contributed by atoms with E-state index in [9.17, 15) is 13.6 Å². The molecule has 1 heterocycles. The topological polar surface area (TPSA) is 33.2 Å². The third-order valence-corrected chi connectivity index (χ3v) is 4.62. The van der Waals surface area contributed by atoms with E-state index in [1.54, 1.807) is 0 Å². The molecule has 0 unspecified atom stereocenters. The lowest BCUT2D eigenvalue weighted by Crippen LogP contribution is -2.26. The highest BCUT2D eigenvalue weighted by Gasteiger charge is 2.21. The van der Waals surface area contributed by atoms with Gasteiger partial charge in [0.25, 0.3) is 0 Å². The number of benzene rings is 2. The number of rotatable bonds is 5. The van der Waals surface area contributed by atoms with Crippen molar-refractivity contribution in [3.8, 4) is 0 Å². The van der Waals surface area contributed by atoms with Crippen LogP contribution in [-0.4, -0.2) is 10.9 Å². The fraction of sp³-hybridized carbons (Fsp3) is 0.158. The summed E-state index contributed by atoms with van der Waals surface area (Å²) < 4.78 is 27.1. The molecule has 0 radical (unpaired) electrons. The minimum atomic E-state index is -0.515. The van der Waals surface area contributed by atoms with E-state index in [2.05, 4.69) is 4.98 Å². The van der Waals surface area contributed by atoms with E-state index < -0.39 is 11.6 Å². The predicted octanol–water partition coefficient (Wildman–Crippen LogP) is 5.03. The highest BCUT2D eigenvalue weighted by atomic mass is 32.1. The van der Waals surface area contributed by atoms with E-state index in [1.807, 2.05) is 42.6 Å². The standard InChI is InChI=1S/C19H16F2N2OS/c1-13-12-25-19(22-13)23(16-5-3-2-4-6-16)18(24)10-7-14-11-15(20)8-9-17(14)21/h2-6,8-9,11-12H,7,10H2,1H3. The summed E-state index contributed by atoms with van der Waals surface area (Å²) in [5, 5.41) is 2.43. The molecule has 3 aromatic rings. The van der Waals surface area contributed by atoms with Gasteiger partial charge in [-0.15, -0.1) is 11.3 Å². The van der Waals surface area contributed by atoms with Crippen LogP contribution >= 0.6 is 11.3 Å². The molecule has 0 aliphatic heterocycles. The van der Waals surface area contributed by atoms with Crippen LogP contribution in [0.1, 0.15) is 17.7 Å². The molecule has 2 aromatic carbocycles. The Morgan fingerprint density at radius 2 is 1.92 bits per heavy atom. The fourth-order valence-electron chi connectivity index (χ4n) is 2.47. The maximum Gasteiger partial charge on any atom is 0.233 e. The van der Waals surface area contributed by atoms with Crippen molar-refractivity contribution in [3.63, 3.8) is 0 Å². The average Bonchev–Trinajstić information content (AvgIpc) is 3.03. The predicted molar refractivity (Wildman–Crippen MR) is 95.1 cm³/mol. The van der Waals surface area contributed by atoms with E-state index in [-0.39, 0.29) is 24.3 Å². The number of halogens is 2. The van der Waals surface area contributed by atoms with Crippen LogP contribution in [0.5, 0.6) is 0 Å². The Labute approximate surface area is 148 Å². The zero-order valence-electron chi connectivity index (χ0n) is 13.6. The Kier molecular flexibility index (Phi) is 5.19. The molecule has 1 amide bonds. The van der Waals surface area contributed by atoms with Crippen LogP contribution in [0.25, 0.3) is 0 Å². The molecule has 0 spiro atoms. The molecular weight excluding hydrogens is 342 g/mol. The molecule has 0 N–H and O–H groups in total. The highest BCUT2D eigenvalue weighted by molar-refractivity contribution is 7.14. The quantitative estimate of drug-likeness (QED) is 0.641. The summed E-state index contributed by atoms with van der Waals surface area (Å²) in [6.07, 6.45) is 0.171. The molecule has 1 aromatic heterocycles. The van der Waals surface area contributed by atoms with Gasteiger partial charge in [0, 0.05) is 11.8 Å². The second kappa shape index (κ2) is 7.53. The minimum absolute atomic E-state index is 0.0495. The maximum absolute atomic E-state index is 13.8. The Bertz CT molecular complexity index is 880. The van der Waals surface area contributed by atoms with Gasteiger partial charge in [0.15, 0.2) is 5.13 Å². The van der Waals surface area contributed by atoms with Crippen LogP contribution in [0.4, 0.5) is 19.6 Å². The lowest BCUT2D eigenvalue weighted by molar-refractivity contribution is -0.117. The number of carbonyl (C=O) groups is 1. The number of amides is 1. The Balaban J connectivity index is 1.83. The number of aromatic nitrogens is 1. The van der Waals surface area contributed by atoms with Gasteiger partial charge in [-0.3, -0.25) is 9.69 Å². The maximum atomic E-state index is 13.8. The van der Waals surface area contributed by atoms with Gasteiger partial charge in [-0.1, -0.05) is 18.2 Å². The number of nitrogens with zero attached hydrogens (tertiary/aromatic N) is 2. The Morgan fingerprint density at radius 3 is 2.60 bits per heavy atom. The van der Waals surface area contributed by atoms with Gasteiger partial charge in [-0.25, -0.2) is 13.8 Å². The smallest absolute Gasteiger partial charge is 0.233 e. The first-order chi connectivity index (χ1) is 12.0. The van der Waals surface area contributed by atoms with Gasteiger partial charge < -0.3 is 0 Å². The third-order valence-electron chi connectivity index (χ3n) is 3.68. The minimum Gasteiger partial charge on any atom is -0.274 e. The lowest BCUT2D eigenvalue weighted by atomic mass is 10.1. The molecule has 3 nitrogen and oxygen atoms in total. The van der Waals surface area contributed by atoms with Crippen molar-refractivity contribution in [1.29, 1.82) is 0 Å². The van der Waals surface area contributed by atoms with Crippen LogP contribution in [0, 0.1) is 18.6 Å². The number of hydrogen-bond donors (Lipinski definition) is 0. The first-order valence-electron chi connectivity index (χ1n) is 7.78. The molecule has 0 aliphatic carbocycles. The number of hydrogen-bond acceptors (Lipinski definition) is 3. The summed E-state index contributed by atoms with van der Waals surface area (Å²) in [6, 6.07) is 12.4. The summed E-state index contributed by atoms with van der Waals surface area (Å²) in [4.78, 5) is 18.7. The van der Waals surface area contributed by atoms with Crippen LogP contribution in [-0.2, 0) is 11.2 Å². The third kappa shape index (κ3) is 4.09. The number of anilines is 2. The summed E-state index contributed by atoms with van der Waals surface area (Å²) in [7, 11) is 0. The summed E-state index contributed by atoms with van der Waals surface area (Å²) in [5.41, 5.74) is 1.71. The monoisotopic (exact) mass is 358 g/mol. The van der Waals surface area contributed by atoms with Crippen molar-refractivity contribution in [2.75, 3.05) is 4.90 Å². The number of aryl methyl sites for hydroxylation is 2. The van der Waals surface area contributed by atoms with Crippen LogP contribution in [0.3, 0.4) is 0 Å². The van der Waals surface area contributed by atoms with Crippen molar-refractivity contribution in [1.82, 2.24) is 4.98 Å². The van der Waals surface area contributed by atoms with Gasteiger partial charge in [0.05, 0.1) is 11.4 Å². The molecule has 0 bridgehead atoms. The second-order valence-electron chi connectivity index (χ2n) is 5.57. The zero-order valence-corrected chi connectivity index (χ0v) is 14.4. The molecule has 0 atom stereocenters. The van der Waals surface area contributed by atoms with E-state index in [0.29, 0.717) is 10.8 Å². The molecule has 0 fully saturated rings. The normalized spacial score (nSPS) is 10.7. The van der Waals surface area contributed by atoms with E-state index in [1.165, 1.54) is 16.2 Å². The largest absolute Gasteiger partial charge is 0.274 e. The van der Waals surface area contributed by atoms with E-state index in [4.69, 9.17) is 0 Å². The number of thiazole rings is 1. The van der Waals surface area contributed by atoms with Gasteiger partial charge in [0.1, 0.15) is 11.6 Å². The van der Waals surface area contributed by atoms with Gasteiger partial charge in [-0.2, -0.15) is 0 Å². The van der Waals surface area contributed by atoms with Crippen molar-refractivity contribution in [2.24, 2.45) is 0 Å². The Hall–Kier alpha value is -2.60. The molecule has 3 rings (SSSR count). The van der Waals surface area contributed by atoms with Crippen molar-refractivity contribution < 1.29 is 13.6 Å². The fourth-order valence-corrected chi connectivity index (χ4v) is 3.31. The Morgan fingerprint density at radius 1 is 1.16 bits per heavy atom. The summed E-state index contributed by atoms with van der Waals surface area (Å²) in [5.74, 6) is -1.24. The first-order valence-corrected chi connectivity index (χ1v) is 8.66. The second-order valence-corrected chi connectivity index (χ2v) is 6.41. The van der Waals surface area contributed by atoms with Crippen molar-refractivity contribution in [3.05, 3.63) is 76.8 Å². The SMILES string of the molecule is Cc1csc(N(C(=O)CCc2cc(F)ccc2F)c2ccccc2)n1. The molecule has 6 heteroatoms. The lowest BCUT2D eigenvalue weighted by Gasteiger charge is -2.20. The molecular formula is C19H16F2N2OS. The molecule has 0 saturated heterocycles. The number of carbonyl (C=O) groups excluding carboxylic acids is 1. The molecule has 0 aliphatic rings. The van der Waals surface area contributed by atoms with Crippen LogP contribution < -0.4 is 4.90 Å². The van der Waals surface area contributed by atoms with Gasteiger partial charge in [-0.05, 0) is 49.2 Å². The molecule has 0 saturated carbocycles. The average molecular weight is 358 g/mol. The zero-order chi connectivity index (χ0) is 17.8. The molecule has 25 heavy (non-hydrogen) atoms. The van der Waals surface area contributed by atoms with Gasteiger partial charge in [0.2, 0.25) is 5.91 Å². The van der Waals surface area contributed by atoms with Crippen LogP contribution in [0.2, 0.25) is 0 Å².